The van der Waals surface area contributed by atoms with Gasteiger partial charge in [0.05, 0.1) is 0 Å². The van der Waals surface area contributed by atoms with Gasteiger partial charge in [-0.15, -0.1) is 0 Å². The number of carbonyl (C=O) groups is 2. The monoisotopic (exact) mass is 265 g/mol. The van der Waals surface area contributed by atoms with Gasteiger partial charge in [0.1, 0.15) is 6.04 Å². The lowest BCUT2D eigenvalue weighted by Gasteiger charge is -2.16. The van der Waals surface area contributed by atoms with E-state index in [1.807, 2.05) is 31.1 Å². The Morgan fingerprint density at radius 1 is 1.37 bits per heavy atom. The number of amides is 2. The van der Waals surface area contributed by atoms with Crippen molar-refractivity contribution < 1.29 is 14.7 Å². The van der Waals surface area contributed by atoms with Crippen molar-refractivity contribution in [3.05, 3.63) is 24.3 Å². The summed E-state index contributed by atoms with van der Waals surface area (Å²) in [5, 5.41) is 13.9. The van der Waals surface area contributed by atoms with E-state index in [4.69, 9.17) is 5.11 Å². The number of rotatable bonds is 5. The van der Waals surface area contributed by atoms with Crippen molar-refractivity contribution >= 4 is 23.4 Å². The molecule has 1 atom stereocenters. The van der Waals surface area contributed by atoms with Crippen molar-refractivity contribution in [1.29, 1.82) is 0 Å². The fourth-order valence-corrected chi connectivity index (χ4v) is 1.53. The number of hydrogen-bond donors (Lipinski definition) is 3. The molecule has 1 aromatic carbocycles. The standard InChI is InChI=1S/C13H19N3O3/c1-4-11(12(17)18)15-13(19)14-9-6-5-7-10(8-9)16(2)3/h5-8,11H,4H2,1-3H3,(H,17,18)(H2,14,15,19)/t11-/m0/s1. The third-order valence-electron chi connectivity index (χ3n) is 2.63. The van der Waals surface area contributed by atoms with Gasteiger partial charge in [0.25, 0.3) is 0 Å². The van der Waals surface area contributed by atoms with Crippen LogP contribution in [0.5, 0.6) is 0 Å². The quantitative estimate of drug-likeness (QED) is 0.757. The summed E-state index contributed by atoms with van der Waals surface area (Å²) in [6, 6.07) is 5.88. The molecule has 0 spiro atoms. The second-order valence-corrected chi connectivity index (χ2v) is 4.34. The molecule has 0 bridgehead atoms. The smallest absolute Gasteiger partial charge is 0.326 e. The van der Waals surface area contributed by atoms with Gasteiger partial charge in [0.2, 0.25) is 0 Å². The number of nitrogens with zero attached hydrogens (tertiary/aromatic N) is 1. The van der Waals surface area contributed by atoms with E-state index in [1.54, 1.807) is 19.1 Å². The number of anilines is 2. The highest BCUT2D eigenvalue weighted by molar-refractivity contribution is 5.92. The molecule has 104 valence electrons. The molecule has 6 heteroatoms. The highest BCUT2D eigenvalue weighted by atomic mass is 16.4. The maximum absolute atomic E-state index is 11.7. The molecule has 0 radical (unpaired) electrons. The first-order chi connectivity index (χ1) is 8.93. The number of carboxylic acids is 1. The Morgan fingerprint density at radius 3 is 2.58 bits per heavy atom. The van der Waals surface area contributed by atoms with Crippen LogP contribution in [-0.4, -0.2) is 37.2 Å². The van der Waals surface area contributed by atoms with E-state index in [1.165, 1.54) is 0 Å². The fraction of sp³-hybridized carbons (Fsp3) is 0.385. The molecule has 6 nitrogen and oxygen atoms in total. The van der Waals surface area contributed by atoms with Crippen LogP contribution in [0.25, 0.3) is 0 Å². The topological polar surface area (TPSA) is 81.7 Å². The van der Waals surface area contributed by atoms with Gasteiger partial charge in [-0.25, -0.2) is 9.59 Å². The van der Waals surface area contributed by atoms with Gasteiger partial charge in [0.15, 0.2) is 0 Å². The van der Waals surface area contributed by atoms with Crippen molar-refractivity contribution in [2.24, 2.45) is 0 Å². The van der Waals surface area contributed by atoms with Gasteiger partial charge in [-0.05, 0) is 24.6 Å². The summed E-state index contributed by atoms with van der Waals surface area (Å²) in [7, 11) is 3.80. The molecule has 3 N–H and O–H groups in total. The number of aliphatic carboxylic acids is 1. The van der Waals surface area contributed by atoms with Crippen LogP contribution in [0.3, 0.4) is 0 Å². The highest BCUT2D eigenvalue weighted by Crippen LogP contribution is 2.17. The summed E-state index contributed by atoms with van der Waals surface area (Å²) in [6.45, 7) is 1.70. The van der Waals surface area contributed by atoms with Crippen molar-refractivity contribution in [1.82, 2.24) is 5.32 Å². The number of urea groups is 1. The molecular weight excluding hydrogens is 246 g/mol. The van der Waals surface area contributed by atoms with Crippen LogP contribution in [0.1, 0.15) is 13.3 Å². The maximum atomic E-state index is 11.7. The second kappa shape index (κ2) is 6.63. The SMILES string of the molecule is CC[C@H](NC(=O)Nc1cccc(N(C)C)c1)C(=O)O. The zero-order chi connectivity index (χ0) is 14.4. The van der Waals surface area contributed by atoms with E-state index in [2.05, 4.69) is 10.6 Å². The third-order valence-corrected chi connectivity index (χ3v) is 2.63. The molecule has 0 saturated heterocycles. The Morgan fingerprint density at radius 2 is 2.05 bits per heavy atom. The number of carbonyl (C=O) groups excluding carboxylic acids is 1. The predicted octanol–water partition coefficient (Wildman–Crippen LogP) is 1.74. The van der Waals surface area contributed by atoms with Crippen LogP contribution in [0.4, 0.5) is 16.2 Å². The van der Waals surface area contributed by atoms with Crippen LogP contribution < -0.4 is 15.5 Å². The van der Waals surface area contributed by atoms with E-state index in [9.17, 15) is 9.59 Å². The lowest BCUT2D eigenvalue weighted by molar-refractivity contribution is -0.139. The molecule has 0 aliphatic heterocycles. The molecule has 0 aromatic heterocycles. The Balaban J connectivity index is 2.66. The van der Waals surface area contributed by atoms with E-state index in [0.29, 0.717) is 12.1 Å². The maximum Gasteiger partial charge on any atom is 0.326 e. The van der Waals surface area contributed by atoms with Crippen LogP contribution in [0.2, 0.25) is 0 Å². The summed E-state index contributed by atoms with van der Waals surface area (Å²) in [5.41, 5.74) is 1.56. The lowest BCUT2D eigenvalue weighted by atomic mass is 10.2. The zero-order valence-electron chi connectivity index (χ0n) is 11.3. The minimum Gasteiger partial charge on any atom is -0.480 e. The molecule has 0 heterocycles. The molecule has 1 rings (SSSR count). The normalized spacial score (nSPS) is 11.5. The zero-order valence-corrected chi connectivity index (χ0v) is 11.3. The first kappa shape index (κ1) is 14.8. The molecule has 0 saturated carbocycles. The summed E-state index contributed by atoms with van der Waals surface area (Å²) >= 11 is 0. The number of nitrogens with one attached hydrogen (secondary N) is 2. The Bertz CT molecular complexity index is 460. The van der Waals surface area contributed by atoms with Crippen molar-refractivity contribution in [3.8, 4) is 0 Å². The average Bonchev–Trinajstić information content (AvgIpc) is 2.35. The molecule has 19 heavy (non-hydrogen) atoms. The van der Waals surface area contributed by atoms with Crippen LogP contribution >= 0.6 is 0 Å². The van der Waals surface area contributed by atoms with Gasteiger partial charge in [0, 0.05) is 25.5 Å². The number of hydrogen-bond acceptors (Lipinski definition) is 3. The highest BCUT2D eigenvalue weighted by Gasteiger charge is 2.17. The Labute approximate surface area is 112 Å². The van der Waals surface area contributed by atoms with Crippen LogP contribution in [0.15, 0.2) is 24.3 Å². The molecular formula is C13H19N3O3. The van der Waals surface area contributed by atoms with Crippen LogP contribution in [0, 0.1) is 0 Å². The van der Waals surface area contributed by atoms with Gasteiger partial charge in [-0.2, -0.15) is 0 Å². The summed E-state index contributed by atoms with van der Waals surface area (Å²) in [6.07, 6.45) is 0.334. The number of carboxylic acid groups (broad SMARTS) is 1. The largest absolute Gasteiger partial charge is 0.480 e. The van der Waals surface area contributed by atoms with Gasteiger partial charge in [-0.1, -0.05) is 13.0 Å². The minimum absolute atomic E-state index is 0.334. The first-order valence-electron chi connectivity index (χ1n) is 6.01. The van der Waals surface area contributed by atoms with Gasteiger partial charge < -0.3 is 20.6 Å². The molecule has 0 unspecified atom stereocenters. The van der Waals surface area contributed by atoms with E-state index < -0.39 is 18.0 Å². The fourth-order valence-electron chi connectivity index (χ4n) is 1.53. The van der Waals surface area contributed by atoms with Crippen LogP contribution in [-0.2, 0) is 4.79 Å². The Hall–Kier alpha value is -2.24. The predicted molar refractivity (Wildman–Crippen MR) is 74.6 cm³/mol. The summed E-state index contributed by atoms with van der Waals surface area (Å²) < 4.78 is 0. The lowest BCUT2D eigenvalue weighted by Crippen LogP contribution is -2.42. The van der Waals surface area contributed by atoms with Gasteiger partial charge >= 0.3 is 12.0 Å². The molecule has 0 fully saturated rings. The third kappa shape index (κ3) is 4.50. The summed E-state index contributed by atoms with van der Waals surface area (Å²) in [5.74, 6) is -1.04. The van der Waals surface area contributed by atoms with E-state index in [0.717, 1.165) is 5.69 Å². The van der Waals surface area contributed by atoms with Crippen molar-refractivity contribution in [2.75, 3.05) is 24.3 Å². The molecule has 0 aliphatic carbocycles. The number of benzene rings is 1. The van der Waals surface area contributed by atoms with E-state index >= 15 is 0 Å². The van der Waals surface area contributed by atoms with Crippen molar-refractivity contribution in [3.63, 3.8) is 0 Å². The minimum atomic E-state index is -1.04. The molecule has 2 amide bonds. The average molecular weight is 265 g/mol. The molecule has 0 aliphatic rings. The summed E-state index contributed by atoms with van der Waals surface area (Å²) in [4.78, 5) is 24.4. The van der Waals surface area contributed by atoms with Crippen molar-refractivity contribution in [2.45, 2.75) is 19.4 Å². The Kier molecular flexibility index (Phi) is 5.17. The second-order valence-electron chi connectivity index (χ2n) is 4.34. The first-order valence-corrected chi connectivity index (χ1v) is 6.01. The molecule has 1 aromatic rings. The van der Waals surface area contributed by atoms with E-state index in [-0.39, 0.29) is 0 Å². The van der Waals surface area contributed by atoms with Gasteiger partial charge in [-0.3, -0.25) is 0 Å².